The molecule has 21 heavy (non-hydrogen) atoms. The number of aryl methyl sites for hydroxylation is 1. The molecule has 0 fully saturated rings. The van der Waals surface area contributed by atoms with Gasteiger partial charge in [0, 0.05) is 13.1 Å². The summed E-state index contributed by atoms with van der Waals surface area (Å²) in [5.41, 5.74) is -1.40. The average molecular weight is 300 g/mol. The van der Waals surface area contributed by atoms with E-state index in [9.17, 15) is 18.0 Å². The second-order valence-corrected chi connectivity index (χ2v) is 4.07. The number of halogens is 3. The van der Waals surface area contributed by atoms with Crippen LogP contribution in [0.15, 0.2) is 18.6 Å². The zero-order valence-corrected chi connectivity index (χ0v) is 11.2. The Labute approximate surface area is 117 Å². The van der Waals surface area contributed by atoms with Crippen LogP contribution < -0.4 is 0 Å². The zero-order valence-electron chi connectivity index (χ0n) is 11.2. The summed E-state index contributed by atoms with van der Waals surface area (Å²) in [7, 11) is 1.58. The van der Waals surface area contributed by atoms with Gasteiger partial charge in [0.25, 0.3) is 0 Å². The predicted octanol–water partition coefficient (Wildman–Crippen LogP) is 2.07. The SMILES string of the molecule is CCOC(=O)c1cc(C(F)(F)F)nc(-c2cncn2C)n1. The molecule has 6 nitrogen and oxygen atoms in total. The van der Waals surface area contributed by atoms with Gasteiger partial charge in [-0.25, -0.2) is 19.7 Å². The van der Waals surface area contributed by atoms with Crippen molar-refractivity contribution in [3.05, 3.63) is 30.0 Å². The van der Waals surface area contributed by atoms with Crippen LogP contribution in [0.1, 0.15) is 23.1 Å². The molecular weight excluding hydrogens is 289 g/mol. The summed E-state index contributed by atoms with van der Waals surface area (Å²) in [5, 5.41) is 0. The fourth-order valence-corrected chi connectivity index (χ4v) is 1.59. The van der Waals surface area contributed by atoms with Crippen molar-refractivity contribution in [2.24, 2.45) is 7.05 Å². The average Bonchev–Trinajstić information content (AvgIpc) is 2.84. The molecule has 0 unspecified atom stereocenters. The number of rotatable bonds is 3. The fraction of sp³-hybridized carbons (Fsp3) is 0.333. The number of imidazole rings is 1. The van der Waals surface area contributed by atoms with E-state index in [0.717, 1.165) is 0 Å². The normalized spacial score (nSPS) is 11.5. The molecule has 0 spiro atoms. The van der Waals surface area contributed by atoms with E-state index in [-0.39, 0.29) is 18.1 Å². The van der Waals surface area contributed by atoms with Crippen LogP contribution in [-0.4, -0.2) is 32.1 Å². The van der Waals surface area contributed by atoms with Gasteiger partial charge < -0.3 is 9.30 Å². The Balaban J connectivity index is 2.58. The summed E-state index contributed by atoms with van der Waals surface area (Å²) < 4.78 is 44.8. The number of esters is 1. The molecule has 0 aliphatic carbocycles. The van der Waals surface area contributed by atoms with Crippen LogP contribution in [0.2, 0.25) is 0 Å². The van der Waals surface area contributed by atoms with Gasteiger partial charge in [0.2, 0.25) is 0 Å². The molecule has 2 aromatic rings. The number of alkyl halides is 3. The van der Waals surface area contributed by atoms with Crippen LogP contribution in [-0.2, 0) is 18.0 Å². The number of hydrogen-bond acceptors (Lipinski definition) is 5. The number of hydrogen-bond donors (Lipinski definition) is 0. The van der Waals surface area contributed by atoms with Gasteiger partial charge in [-0.3, -0.25) is 0 Å². The highest BCUT2D eigenvalue weighted by Crippen LogP contribution is 2.29. The van der Waals surface area contributed by atoms with Crippen LogP contribution >= 0.6 is 0 Å². The number of carbonyl (C=O) groups is 1. The standard InChI is InChI=1S/C12H11F3N4O2/c1-3-21-11(20)7-4-9(12(13,14)15)18-10(17-7)8-5-16-6-19(8)2/h4-6H,3H2,1-2H3. The molecule has 112 valence electrons. The van der Waals surface area contributed by atoms with Gasteiger partial charge in [-0.05, 0) is 6.92 Å². The highest BCUT2D eigenvalue weighted by Gasteiger charge is 2.34. The lowest BCUT2D eigenvalue weighted by atomic mass is 10.3. The van der Waals surface area contributed by atoms with E-state index in [1.807, 2.05) is 0 Å². The minimum atomic E-state index is -4.70. The maximum atomic E-state index is 12.9. The second-order valence-electron chi connectivity index (χ2n) is 4.07. The third-order valence-electron chi connectivity index (χ3n) is 2.55. The number of ether oxygens (including phenoxy) is 1. The van der Waals surface area contributed by atoms with Crippen LogP contribution in [0.3, 0.4) is 0 Å². The predicted molar refractivity (Wildman–Crippen MR) is 65.2 cm³/mol. The van der Waals surface area contributed by atoms with Crippen molar-refractivity contribution < 1.29 is 22.7 Å². The first kappa shape index (κ1) is 14.9. The lowest BCUT2D eigenvalue weighted by Gasteiger charge is -2.10. The monoisotopic (exact) mass is 300 g/mol. The van der Waals surface area contributed by atoms with Gasteiger partial charge >= 0.3 is 12.1 Å². The first-order chi connectivity index (χ1) is 9.82. The third kappa shape index (κ3) is 3.18. The van der Waals surface area contributed by atoms with Crippen LogP contribution in [0.4, 0.5) is 13.2 Å². The third-order valence-corrected chi connectivity index (χ3v) is 2.55. The van der Waals surface area contributed by atoms with Crippen LogP contribution in [0.5, 0.6) is 0 Å². The highest BCUT2D eigenvalue weighted by atomic mass is 19.4. The Bertz CT molecular complexity index is 667. The smallest absolute Gasteiger partial charge is 0.433 e. The molecule has 9 heteroatoms. The van der Waals surface area contributed by atoms with Gasteiger partial charge in [-0.2, -0.15) is 13.2 Å². The molecule has 0 N–H and O–H groups in total. The molecule has 0 aliphatic heterocycles. The van der Waals surface area contributed by atoms with Crippen molar-refractivity contribution >= 4 is 5.97 Å². The fourth-order valence-electron chi connectivity index (χ4n) is 1.59. The van der Waals surface area contributed by atoms with Gasteiger partial charge in [0.1, 0.15) is 11.4 Å². The van der Waals surface area contributed by atoms with E-state index in [1.54, 1.807) is 14.0 Å². The minimum absolute atomic E-state index is 0.0330. The number of nitrogens with zero attached hydrogens (tertiary/aromatic N) is 4. The summed E-state index contributed by atoms with van der Waals surface area (Å²) in [4.78, 5) is 22.7. The Kier molecular flexibility index (Phi) is 3.92. The maximum absolute atomic E-state index is 12.9. The Morgan fingerprint density at radius 2 is 2.10 bits per heavy atom. The molecule has 0 atom stereocenters. The van der Waals surface area contributed by atoms with Crippen LogP contribution in [0, 0.1) is 0 Å². The summed E-state index contributed by atoms with van der Waals surface area (Å²) in [6.07, 6.45) is -2.00. The van der Waals surface area contributed by atoms with E-state index in [1.165, 1.54) is 17.1 Å². The van der Waals surface area contributed by atoms with E-state index in [0.29, 0.717) is 6.07 Å². The van der Waals surface area contributed by atoms with Crippen molar-refractivity contribution in [1.29, 1.82) is 0 Å². The molecule has 0 amide bonds. The first-order valence-corrected chi connectivity index (χ1v) is 5.93. The summed E-state index contributed by atoms with van der Waals surface area (Å²) >= 11 is 0. The summed E-state index contributed by atoms with van der Waals surface area (Å²) in [6, 6.07) is 0.567. The van der Waals surface area contributed by atoms with Crippen LogP contribution in [0.25, 0.3) is 11.5 Å². The molecular formula is C12H11F3N4O2. The first-order valence-electron chi connectivity index (χ1n) is 5.93. The van der Waals surface area contributed by atoms with E-state index in [2.05, 4.69) is 19.7 Å². The Morgan fingerprint density at radius 1 is 1.38 bits per heavy atom. The summed E-state index contributed by atoms with van der Waals surface area (Å²) in [6.45, 7) is 1.58. The number of aromatic nitrogens is 4. The van der Waals surface area contributed by atoms with E-state index >= 15 is 0 Å². The summed E-state index contributed by atoms with van der Waals surface area (Å²) in [5.74, 6) is -1.18. The Morgan fingerprint density at radius 3 is 2.62 bits per heavy atom. The van der Waals surface area contributed by atoms with Crippen molar-refractivity contribution in [3.63, 3.8) is 0 Å². The molecule has 2 heterocycles. The van der Waals surface area contributed by atoms with Crippen molar-refractivity contribution in [2.45, 2.75) is 13.1 Å². The molecule has 0 bridgehead atoms. The quantitative estimate of drug-likeness (QED) is 0.812. The molecule has 0 saturated carbocycles. The topological polar surface area (TPSA) is 69.9 Å². The molecule has 0 aliphatic rings. The Hall–Kier alpha value is -2.45. The van der Waals surface area contributed by atoms with Crippen molar-refractivity contribution in [3.8, 4) is 11.5 Å². The largest absolute Gasteiger partial charge is 0.461 e. The lowest BCUT2D eigenvalue weighted by molar-refractivity contribution is -0.141. The van der Waals surface area contributed by atoms with Gasteiger partial charge in [-0.15, -0.1) is 0 Å². The molecule has 0 aromatic carbocycles. The molecule has 0 saturated heterocycles. The van der Waals surface area contributed by atoms with E-state index in [4.69, 9.17) is 0 Å². The lowest BCUT2D eigenvalue weighted by Crippen LogP contribution is -2.15. The second kappa shape index (κ2) is 5.51. The van der Waals surface area contributed by atoms with Crippen molar-refractivity contribution in [2.75, 3.05) is 6.61 Å². The van der Waals surface area contributed by atoms with Gasteiger partial charge in [0.15, 0.2) is 11.5 Å². The van der Waals surface area contributed by atoms with Crippen molar-refractivity contribution in [1.82, 2.24) is 19.5 Å². The van der Waals surface area contributed by atoms with Gasteiger partial charge in [0.05, 0.1) is 19.1 Å². The molecule has 2 rings (SSSR count). The highest BCUT2D eigenvalue weighted by molar-refractivity contribution is 5.87. The number of carbonyl (C=O) groups excluding carboxylic acids is 1. The van der Waals surface area contributed by atoms with E-state index < -0.39 is 23.5 Å². The molecule has 2 aromatic heterocycles. The maximum Gasteiger partial charge on any atom is 0.433 e. The van der Waals surface area contributed by atoms with Gasteiger partial charge in [-0.1, -0.05) is 0 Å². The minimum Gasteiger partial charge on any atom is -0.461 e. The zero-order chi connectivity index (χ0) is 15.6. The molecule has 0 radical (unpaired) electrons.